The first-order valence-electron chi connectivity index (χ1n) is 4.70. The van der Waals surface area contributed by atoms with Gasteiger partial charge in [-0.15, -0.1) is 0 Å². The van der Waals surface area contributed by atoms with E-state index in [1.54, 1.807) is 0 Å². The van der Waals surface area contributed by atoms with E-state index < -0.39 is 15.1 Å². The van der Waals surface area contributed by atoms with Gasteiger partial charge in [-0.2, -0.15) is 0 Å². The average molecular weight is 218 g/mol. The minimum atomic E-state index is -3.05. The monoisotopic (exact) mass is 218 g/mol. The molecule has 2 aliphatic rings. The third-order valence-electron chi connectivity index (χ3n) is 2.89. The van der Waals surface area contributed by atoms with E-state index in [1.807, 2.05) is 13.8 Å². The lowest BCUT2D eigenvalue weighted by Gasteiger charge is -2.19. The summed E-state index contributed by atoms with van der Waals surface area (Å²) in [6.45, 7) is 3.74. The number of urea groups is 1. The van der Waals surface area contributed by atoms with Gasteiger partial charge in [0.25, 0.3) is 0 Å². The summed E-state index contributed by atoms with van der Waals surface area (Å²) in [5.41, 5.74) is 0. The summed E-state index contributed by atoms with van der Waals surface area (Å²) in [6, 6.07) is -0.729. The topological polar surface area (TPSA) is 75.3 Å². The normalized spacial score (nSPS) is 39.4. The molecule has 0 aromatic carbocycles. The Hall–Kier alpha value is -0.780. The summed E-state index contributed by atoms with van der Waals surface area (Å²) in [5.74, 6) is 0.106. The Balaban J connectivity index is 2.32. The Labute approximate surface area is 83.2 Å². The van der Waals surface area contributed by atoms with Crippen molar-refractivity contribution in [3.05, 3.63) is 0 Å². The van der Waals surface area contributed by atoms with Crippen LogP contribution in [-0.4, -0.2) is 37.5 Å². The van der Waals surface area contributed by atoms with Gasteiger partial charge in [0.1, 0.15) is 0 Å². The molecule has 3 atom stereocenters. The molecule has 0 aromatic rings. The summed E-state index contributed by atoms with van der Waals surface area (Å²) in [7, 11) is -3.05. The second-order valence-corrected chi connectivity index (χ2v) is 6.49. The maximum absolute atomic E-state index is 11.7. The van der Waals surface area contributed by atoms with E-state index >= 15 is 0 Å². The Bertz CT molecular complexity index is 363. The van der Waals surface area contributed by atoms with Crippen LogP contribution in [0.1, 0.15) is 13.8 Å². The molecule has 2 rings (SSSR count). The molecule has 80 valence electrons. The maximum Gasteiger partial charge on any atom is 0.315 e. The highest BCUT2D eigenvalue weighted by atomic mass is 32.2. The maximum atomic E-state index is 11.7. The molecule has 0 aromatic heterocycles. The van der Waals surface area contributed by atoms with Gasteiger partial charge in [-0.05, 0) is 5.92 Å². The van der Waals surface area contributed by atoms with Crippen LogP contribution in [0.2, 0.25) is 0 Å². The van der Waals surface area contributed by atoms with E-state index in [1.165, 1.54) is 0 Å². The molecule has 6 heteroatoms. The highest BCUT2D eigenvalue weighted by Gasteiger charge is 2.52. The highest BCUT2D eigenvalue weighted by Crippen LogP contribution is 2.29. The van der Waals surface area contributed by atoms with Crippen LogP contribution in [0.4, 0.5) is 4.79 Å². The predicted molar refractivity (Wildman–Crippen MR) is 51.7 cm³/mol. The minimum absolute atomic E-state index is 0.0372. The number of carbonyl (C=O) groups excluding carboxylic acids is 1. The molecule has 0 aliphatic carbocycles. The van der Waals surface area contributed by atoms with Gasteiger partial charge in [0.15, 0.2) is 9.84 Å². The molecule has 0 radical (unpaired) electrons. The SMILES string of the molecule is CC(C)[C@H]1[C@H]2NC(=O)N[C@H]2CS1(=O)=O. The largest absolute Gasteiger partial charge is 0.332 e. The first kappa shape index (κ1) is 9.76. The van der Waals surface area contributed by atoms with E-state index in [0.717, 1.165) is 0 Å². The van der Waals surface area contributed by atoms with Crippen molar-refractivity contribution in [3.63, 3.8) is 0 Å². The van der Waals surface area contributed by atoms with Gasteiger partial charge in [0.2, 0.25) is 0 Å². The van der Waals surface area contributed by atoms with Gasteiger partial charge in [-0.25, -0.2) is 13.2 Å². The van der Waals surface area contributed by atoms with Gasteiger partial charge < -0.3 is 10.6 Å². The highest BCUT2D eigenvalue weighted by molar-refractivity contribution is 7.92. The van der Waals surface area contributed by atoms with Crippen LogP contribution in [-0.2, 0) is 9.84 Å². The Morgan fingerprint density at radius 1 is 1.36 bits per heavy atom. The van der Waals surface area contributed by atoms with Crippen molar-refractivity contribution in [3.8, 4) is 0 Å². The second kappa shape index (κ2) is 2.85. The van der Waals surface area contributed by atoms with Gasteiger partial charge >= 0.3 is 6.03 Å². The van der Waals surface area contributed by atoms with Crippen LogP contribution < -0.4 is 10.6 Å². The summed E-state index contributed by atoms with van der Waals surface area (Å²) >= 11 is 0. The molecule has 2 amide bonds. The number of fused-ring (bicyclic) bond motifs is 1. The average Bonchev–Trinajstić information content (AvgIpc) is 2.37. The summed E-state index contributed by atoms with van der Waals surface area (Å²) in [4.78, 5) is 11.0. The molecule has 14 heavy (non-hydrogen) atoms. The Morgan fingerprint density at radius 3 is 2.57 bits per heavy atom. The molecule has 0 saturated carbocycles. The van der Waals surface area contributed by atoms with E-state index in [0.29, 0.717) is 0 Å². The van der Waals surface area contributed by atoms with Crippen LogP contribution in [0.15, 0.2) is 0 Å². The fourth-order valence-electron chi connectivity index (χ4n) is 2.42. The molecule has 0 unspecified atom stereocenters. The molecule has 0 bridgehead atoms. The molecule has 2 saturated heterocycles. The third-order valence-corrected chi connectivity index (χ3v) is 5.38. The van der Waals surface area contributed by atoms with Crippen molar-refractivity contribution in [2.75, 3.05) is 5.75 Å². The lowest BCUT2D eigenvalue weighted by Crippen LogP contribution is -2.42. The molecule has 2 fully saturated rings. The lowest BCUT2D eigenvalue weighted by atomic mass is 10.00. The number of hydrogen-bond donors (Lipinski definition) is 2. The molecular weight excluding hydrogens is 204 g/mol. The zero-order valence-corrected chi connectivity index (χ0v) is 8.97. The van der Waals surface area contributed by atoms with Crippen molar-refractivity contribution >= 4 is 15.9 Å². The fourth-order valence-corrected chi connectivity index (χ4v) is 4.97. The van der Waals surface area contributed by atoms with Crippen molar-refractivity contribution < 1.29 is 13.2 Å². The van der Waals surface area contributed by atoms with E-state index in [9.17, 15) is 13.2 Å². The minimum Gasteiger partial charge on any atom is -0.332 e. The predicted octanol–water partition coefficient (Wildman–Crippen LogP) is -0.511. The number of hydrogen-bond acceptors (Lipinski definition) is 3. The Morgan fingerprint density at radius 2 is 2.00 bits per heavy atom. The number of carbonyl (C=O) groups is 1. The number of sulfone groups is 1. The standard InChI is InChI=1S/C8H14N2O3S/c1-4(2)7-6-5(3-14(7,12)13)9-8(11)10-6/h4-7H,3H2,1-2H3,(H2,9,10,11)/t5-,6-,7-/m0/s1. The van der Waals surface area contributed by atoms with Crippen molar-refractivity contribution in [2.45, 2.75) is 31.2 Å². The molecular formula is C8H14N2O3S. The number of amides is 2. The van der Waals surface area contributed by atoms with Crippen molar-refractivity contribution in [1.82, 2.24) is 10.6 Å². The molecule has 2 N–H and O–H groups in total. The molecule has 0 spiro atoms. The molecule has 2 aliphatic heterocycles. The van der Waals surface area contributed by atoms with Gasteiger partial charge in [-0.1, -0.05) is 13.8 Å². The summed E-state index contributed by atoms with van der Waals surface area (Å²) in [5, 5.41) is 4.86. The summed E-state index contributed by atoms with van der Waals surface area (Å²) in [6.07, 6.45) is 0. The van der Waals surface area contributed by atoms with Crippen molar-refractivity contribution in [2.24, 2.45) is 5.92 Å². The van der Waals surface area contributed by atoms with Crippen LogP contribution in [0.3, 0.4) is 0 Å². The second-order valence-electron chi connectivity index (χ2n) is 4.29. The van der Waals surface area contributed by atoms with Crippen LogP contribution in [0.25, 0.3) is 0 Å². The lowest BCUT2D eigenvalue weighted by molar-refractivity contribution is 0.246. The van der Waals surface area contributed by atoms with Crippen LogP contribution >= 0.6 is 0 Å². The first-order valence-corrected chi connectivity index (χ1v) is 6.42. The molecule has 5 nitrogen and oxygen atoms in total. The number of nitrogens with one attached hydrogen (secondary N) is 2. The Kier molecular flexibility index (Phi) is 1.99. The van der Waals surface area contributed by atoms with E-state index in [-0.39, 0.29) is 29.8 Å². The zero-order chi connectivity index (χ0) is 10.5. The number of rotatable bonds is 1. The van der Waals surface area contributed by atoms with Gasteiger partial charge in [0, 0.05) is 0 Å². The smallest absolute Gasteiger partial charge is 0.315 e. The van der Waals surface area contributed by atoms with E-state index in [2.05, 4.69) is 10.6 Å². The van der Waals surface area contributed by atoms with Crippen LogP contribution in [0.5, 0.6) is 0 Å². The van der Waals surface area contributed by atoms with Crippen molar-refractivity contribution in [1.29, 1.82) is 0 Å². The van der Waals surface area contributed by atoms with E-state index in [4.69, 9.17) is 0 Å². The molecule has 2 heterocycles. The van der Waals surface area contributed by atoms with Crippen LogP contribution in [0, 0.1) is 5.92 Å². The van der Waals surface area contributed by atoms with Gasteiger partial charge in [-0.3, -0.25) is 0 Å². The fraction of sp³-hybridized carbons (Fsp3) is 0.875. The summed E-state index contributed by atoms with van der Waals surface area (Å²) < 4.78 is 23.5. The quantitative estimate of drug-likeness (QED) is 0.582. The third kappa shape index (κ3) is 1.28. The first-order chi connectivity index (χ1) is 6.42. The zero-order valence-electron chi connectivity index (χ0n) is 8.15. The van der Waals surface area contributed by atoms with Gasteiger partial charge in [0.05, 0.1) is 23.1 Å².